The average molecular weight is 382 g/mol. The Morgan fingerprint density at radius 2 is 1.79 bits per heavy atom. The molecule has 3 aromatic carbocycles. The van der Waals surface area contributed by atoms with Crippen molar-refractivity contribution < 1.29 is 9.53 Å². The number of carbonyl (C=O) groups excluding carboxylic acids is 1. The molecule has 0 unspecified atom stereocenters. The van der Waals surface area contributed by atoms with Crippen molar-refractivity contribution in [2.24, 2.45) is 0 Å². The van der Waals surface area contributed by atoms with Gasteiger partial charge in [-0.25, -0.2) is 0 Å². The number of nitriles is 1. The van der Waals surface area contributed by atoms with Crippen LogP contribution in [0.4, 0.5) is 5.69 Å². The number of anilines is 1. The normalized spacial score (nSPS) is 12.1. The second-order valence-electron chi connectivity index (χ2n) is 7.22. The summed E-state index contributed by atoms with van der Waals surface area (Å²) in [5.74, 6) is 0.624. The summed E-state index contributed by atoms with van der Waals surface area (Å²) in [6.07, 6.45) is 3.71. The Balaban J connectivity index is 1.44. The zero-order valence-electron chi connectivity index (χ0n) is 16.2. The molecule has 1 aliphatic rings. The van der Waals surface area contributed by atoms with Crippen LogP contribution in [-0.2, 0) is 25.9 Å². The minimum absolute atomic E-state index is 0.104. The van der Waals surface area contributed by atoms with Gasteiger partial charge in [0.2, 0.25) is 0 Å². The molecule has 0 bridgehead atoms. The molecule has 4 heteroatoms. The lowest BCUT2D eigenvalue weighted by atomic mass is 10.1. The van der Waals surface area contributed by atoms with Gasteiger partial charge in [-0.1, -0.05) is 36.4 Å². The summed E-state index contributed by atoms with van der Waals surface area (Å²) >= 11 is 0. The van der Waals surface area contributed by atoms with Gasteiger partial charge in [0.15, 0.2) is 0 Å². The number of benzene rings is 3. The number of amides is 1. The summed E-state index contributed by atoms with van der Waals surface area (Å²) in [6, 6.07) is 23.3. The van der Waals surface area contributed by atoms with Crippen molar-refractivity contribution in [3.63, 3.8) is 0 Å². The monoisotopic (exact) mass is 382 g/mol. The van der Waals surface area contributed by atoms with E-state index in [4.69, 9.17) is 10.00 Å². The van der Waals surface area contributed by atoms with Gasteiger partial charge in [-0.05, 0) is 66.3 Å². The molecule has 4 rings (SSSR count). The Morgan fingerprint density at radius 3 is 2.62 bits per heavy atom. The number of nitrogens with one attached hydrogen (secondary N) is 1. The SMILES string of the molecule is N#CCc1ccc(OCc2ccccc2NC(=O)c2ccc3c(c2)CCC3)cc1. The summed E-state index contributed by atoms with van der Waals surface area (Å²) < 4.78 is 5.88. The highest BCUT2D eigenvalue weighted by Gasteiger charge is 2.15. The van der Waals surface area contributed by atoms with Gasteiger partial charge in [-0.15, -0.1) is 0 Å². The zero-order chi connectivity index (χ0) is 20.1. The fourth-order valence-electron chi connectivity index (χ4n) is 3.63. The lowest BCUT2D eigenvalue weighted by Crippen LogP contribution is -2.14. The quantitative estimate of drug-likeness (QED) is 0.647. The largest absolute Gasteiger partial charge is 0.489 e. The van der Waals surface area contributed by atoms with Crippen LogP contribution in [0.2, 0.25) is 0 Å². The smallest absolute Gasteiger partial charge is 0.255 e. The first-order chi connectivity index (χ1) is 14.2. The first-order valence-electron chi connectivity index (χ1n) is 9.83. The van der Waals surface area contributed by atoms with E-state index in [0.717, 1.165) is 41.8 Å². The van der Waals surface area contributed by atoms with Crippen LogP contribution < -0.4 is 10.1 Å². The van der Waals surface area contributed by atoms with E-state index in [1.54, 1.807) is 0 Å². The van der Waals surface area contributed by atoms with Gasteiger partial charge in [0, 0.05) is 16.8 Å². The zero-order valence-corrected chi connectivity index (χ0v) is 16.2. The topological polar surface area (TPSA) is 62.1 Å². The molecule has 144 valence electrons. The number of nitrogens with zero attached hydrogens (tertiary/aromatic N) is 1. The van der Waals surface area contributed by atoms with Gasteiger partial charge >= 0.3 is 0 Å². The summed E-state index contributed by atoms with van der Waals surface area (Å²) in [5.41, 5.74) is 5.95. The highest BCUT2D eigenvalue weighted by atomic mass is 16.5. The van der Waals surface area contributed by atoms with Crippen molar-refractivity contribution in [3.05, 3.63) is 94.5 Å². The minimum atomic E-state index is -0.104. The molecule has 0 spiro atoms. The van der Waals surface area contributed by atoms with Gasteiger partial charge in [-0.2, -0.15) is 5.26 Å². The molecule has 0 saturated carbocycles. The van der Waals surface area contributed by atoms with Crippen LogP contribution in [0.5, 0.6) is 5.75 Å². The number of carbonyl (C=O) groups is 1. The molecule has 1 aliphatic carbocycles. The van der Waals surface area contributed by atoms with Gasteiger partial charge in [0.25, 0.3) is 5.91 Å². The third-order valence-corrected chi connectivity index (χ3v) is 5.23. The van der Waals surface area contributed by atoms with Crippen molar-refractivity contribution in [1.82, 2.24) is 0 Å². The van der Waals surface area contributed by atoms with Crippen LogP contribution in [-0.4, -0.2) is 5.91 Å². The number of rotatable bonds is 6. The first-order valence-corrected chi connectivity index (χ1v) is 9.83. The third-order valence-electron chi connectivity index (χ3n) is 5.23. The molecule has 0 atom stereocenters. The highest BCUT2D eigenvalue weighted by molar-refractivity contribution is 6.04. The number of fused-ring (bicyclic) bond motifs is 1. The highest BCUT2D eigenvalue weighted by Crippen LogP contribution is 2.24. The van der Waals surface area contributed by atoms with Crippen molar-refractivity contribution in [3.8, 4) is 11.8 Å². The summed E-state index contributed by atoms with van der Waals surface area (Å²) in [5, 5.41) is 11.8. The van der Waals surface area contributed by atoms with E-state index in [-0.39, 0.29) is 5.91 Å². The van der Waals surface area contributed by atoms with E-state index in [9.17, 15) is 4.79 Å². The van der Waals surface area contributed by atoms with Gasteiger partial charge < -0.3 is 10.1 Å². The number of ether oxygens (including phenoxy) is 1. The average Bonchev–Trinajstić information content (AvgIpc) is 3.22. The van der Waals surface area contributed by atoms with Gasteiger partial charge in [0.1, 0.15) is 12.4 Å². The third kappa shape index (κ3) is 4.47. The van der Waals surface area contributed by atoms with E-state index < -0.39 is 0 Å². The predicted octanol–water partition coefficient (Wildman–Crippen LogP) is 5.07. The van der Waals surface area contributed by atoms with Crippen LogP contribution in [0.1, 0.15) is 39.0 Å². The molecule has 29 heavy (non-hydrogen) atoms. The summed E-state index contributed by atoms with van der Waals surface area (Å²) in [6.45, 7) is 0.345. The lowest BCUT2D eigenvalue weighted by Gasteiger charge is -2.13. The van der Waals surface area contributed by atoms with Crippen molar-refractivity contribution in [2.75, 3.05) is 5.32 Å². The Bertz CT molecular complexity index is 1060. The van der Waals surface area contributed by atoms with E-state index in [2.05, 4.69) is 17.5 Å². The molecule has 0 radical (unpaired) electrons. The standard InChI is InChI=1S/C25H22N2O2/c26-15-14-18-8-12-23(13-9-18)29-17-22-4-1-2-7-24(22)27-25(28)21-11-10-19-5-3-6-20(19)16-21/h1-2,4,7-13,16H,3,5-6,14,17H2,(H,27,28). The maximum atomic E-state index is 12.8. The molecule has 0 heterocycles. The number of hydrogen-bond acceptors (Lipinski definition) is 3. The first kappa shape index (κ1) is 18.8. The Morgan fingerprint density at radius 1 is 1.00 bits per heavy atom. The Labute approximate surface area is 170 Å². The van der Waals surface area contributed by atoms with Gasteiger partial charge in [0.05, 0.1) is 12.5 Å². The van der Waals surface area contributed by atoms with Gasteiger partial charge in [-0.3, -0.25) is 4.79 Å². The van der Waals surface area contributed by atoms with Crippen molar-refractivity contribution in [1.29, 1.82) is 5.26 Å². The molecule has 0 fully saturated rings. The Hall–Kier alpha value is -3.58. The predicted molar refractivity (Wildman–Crippen MR) is 113 cm³/mol. The fraction of sp³-hybridized carbons (Fsp3) is 0.200. The molecule has 0 saturated heterocycles. The Kier molecular flexibility index (Phi) is 5.58. The molecule has 3 aromatic rings. The van der Waals surface area contributed by atoms with Crippen molar-refractivity contribution >= 4 is 11.6 Å². The van der Waals surface area contributed by atoms with Crippen LogP contribution in [0, 0.1) is 11.3 Å². The second-order valence-corrected chi connectivity index (χ2v) is 7.22. The molecule has 0 aromatic heterocycles. The molecule has 4 nitrogen and oxygen atoms in total. The maximum absolute atomic E-state index is 12.8. The van der Waals surface area contributed by atoms with Crippen LogP contribution in [0.25, 0.3) is 0 Å². The van der Waals surface area contributed by atoms with E-state index >= 15 is 0 Å². The number of aryl methyl sites for hydroxylation is 2. The molecule has 1 N–H and O–H groups in total. The summed E-state index contributed by atoms with van der Waals surface area (Å²) in [4.78, 5) is 12.8. The van der Waals surface area contributed by atoms with Crippen molar-refractivity contribution in [2.45, 2.75) is 32.3 Å². The number of hydrogen-bond donors (Lipinski definition) is 1. The fourth-order valence-corrected chi connectivity index (χ4v) is 3.63. The molecular formula is C25H22N2O2. The lowest BCUT2D eigenvalue weighted by molar-refractivity contribution is 0.102. The molecule has 0 aliphatic heterocycles. The number of para-hydroxylation sites is 1. The molecule has 1 amide bonds. The maximum Gasteiger partial charge on any atom is 0.255 e. The minimum Gasteiger partial charge on any atom is -0.489 e. The van der Waals surface area contributed by atoms with Crippen LogP contribution >= 0.6 is 0 Å². The van der Waals surface area contributed by atoms with Crippen LogP contribution in [0.15, 0.2) is 66.7 Å². The van der Waals surface area contributed by atoms with Crippen LogP contribution in [0.3, 0.4) is 0 Å². The van der Waals surface area contributed by atoms with E-state index in [1.807, 2.05) is 60.7 Å². The van der Waals surface area contributed by atoms with E-state index in [0.29, 0.717) is 18.6 Å². The summed E-state index contributed by atoms with van der Waals surface area (Å²) in [7, 11) is 0. The molecular weight excluding hydrogens is 360 g/mol. The van der Waals surface area contributed by atoms with E-state index in [1.165, 1.54) is 11.1 Å². The second kappa shape index (κ2) is 8.62.